The molecule has 2 amide bonds. The van der Waals surface area contributed by atoms with Gasteiger partial charge in [0.1, 0.15) is 12.4 Å². The number of piperidine rings is 1. The molecule has 1 aromatic heterocycles. The second-order valence-electron chi connectivity index (χ2n) is 8.84. The highest BCUT2D eigenvalue weighted by Gasteiger charge is 2.30. The van der Waals surface area contributed by atoms with Gasteiger partial charge in [-0.1, -0.05) is 25.7 Å². The Morgan fingerprint density at radius 2 is 1.76 bits per heavy atom. The topological polar surface area (TPSA) is 89.2 Å². The van der Waals surface area contributed by atoms with E-state index in [1.807, 2.05) is 0 Å². The van der Waals surface area contributed by atoms with E-state index in [-0.39, 0.29) is 30.0 Å². The van der Waals surface area contributed by atoms with Crippen LogP contribution in [0, 0.1) is 5.92 Å². The highest BCUT2D eigenvalue weighted by atomic mass is 16.2. The molecule has 160 valence electrons. The average Bonchev–Trinajstić information content (AvgIpc) is 2.90. The van der Waals surface area contributed by atoms with Crippen LogP contribution in [0.5, 0.6) is 0 Å². The molecular formula is C21H33N5O3. The molecule has 0 bridgehead atoms. The fourth-order valence-corrected chi connectivity index (χ4v) is 4.94. The maximum Gasteiger partial charge on any atom is 0.346 e. The second-order valence-corrected chi connectivity index (χ2v) is 8.84. The molecule has 2 aliphatic heterocycles. The Labute approximate surface area is 171 Å². The number of rotatable bonds is 4. The number of aryl methyl sites for hydroxylation is 1. The summed E-state index contributed by atoms with van der Waals surface area (Å²) in [7, 11) is 0. The van der Waals surface area contributed by atoms with Gasteiger partial charge in [-0.25, -0.2) is 9.48 Å². The highest BCUT2D eigenvalue weighted by molar-refractivity contribution is 5.81. The average molecular weight is 404 g/mol. The monoisotopic (exact) mass is 403 g/mol. The summed E-state index contributed by atoms with van der Waals surface area (Å²) in [6, 6.07) is 0.293. The molecule has 1 aromatic rings. The predicted molar refractivity (Wildman–Crippen MR) is 108 cm³/mol. The first kappa shape index (κ1) is 20.2. The van der Waals surface area contributed by atoms with Crippen molar-refractivity contribution in [1.29, 1.82) is 0 Å². The van der Waals surface area contributed by atoms with Gasteiger partial charge in [-0.15, -0.1) is 0 Å². The Bertz CT molecular complexity index is 793. The lowest BCUT2D eigenvalue weighted by Gasteiger charge is -2.33. The van der Waals surface area contributed by atoms with Crippen LogP contribution < -0.4 is 11.0 Å². The number of carbonyl (C=O) groups excluding carboxylic acids is 2. The van der Waals surface area contributed by atoms with Crippen molar-refractivity contribution in [3.05, 3.63) is 16.3 Å². The van der Waals surface area contributed by atoms with E-state index in [2.05, 4.69) is 10.4 Å². The summed E-state index contributed by atoms with van der Waals surface area (Å²) >= 11 is 0. The van der Waals surface area contributed by atoms with Crippen molar-refractivity contribution in [2.24, 2.45) is 5.92 Å². The van der Waals surface area contributed by atoms with Gasteiger partial charge in [-0.2, -0.15) is 5.10 Å². The number of likely N-dealkylation sites (tertiary alicyclic amines) is 1. The van der Waals surface area contributed by atoms with Crippen molar-refractivity contribution < 1.29 is 9.59 Å². The van der Waals surface area contributed by atoms with Gasteiger partial charge in [-0.05, 0) is 38.5 Å². The van der Waals surface area contributed by atoms with Crippen molar-refractivity contribution in [1.82, 2.24) is 24.6 Å². The van der Waals surface area contributed by atoms with Gasteiger partial charge in [0, 0.05) is 32.1 Å². The van der Waals surface area contributed by atoms with Crippen molar-refractivity contribution in [3.8, 4) is 0 Å². The number of nitrogens with one attached hydrogen (secondary N) is 1. The molecule has 1 atom stereocenters. The number of aromatic nitrogens is 3. The van der Waals surface area contributed by atoms with Crippen molar-refractivity contribution >= 4 is 11.8 Å². The number of fused-ring (bicyclic) bond motifs is 1. The van der Waals surface area contributed by atoms with Crippen molar-refractivity contribution in [2.45, 2.75) is 89.8 Å². The molecule has 2 fully saturated rings. The molecule has 8 nitrogen and oxygen atoms in total. The maximum atomic E-state index is 12.8. The largest absolute Gasteiger partial charge is 0.353 e. The summed E-state index contributed by atoms with van der Waals surface area (Å²) in [6.45, 7) is 1.75. The number of hydrogen-bond acceptors (Lipinski definition) is 4. The molecular weight excluding hydrogens is 370 g/mol. The molecule has 1 aliphatic carbocycles. The van der Waals surface area contributed by atoms with E-state index < -0.39 is 0 Å². The van der Waals surface area contributed by atoms with Gasteiger partial charge in [0.05, 0.1) is 5.92 Å². The van der Waals surface area contributed by atoms with Crippen LogP contribution in [0.4, 0.5) is 0 Å². The summed E-state index contributed by atoms with van der Waals surface area (Å²) in [6.07, 6.45) is 11.3. The van der Waals surface area contributed by atoms with Gasteiger partial charge in [0.25, 0.3) is 0 Å². The van der Waals surface area contributed by atoms with Crippen LogP contribution in [0.1, 0.15) is 70.0 Å². The quantitative estimate of drug-likeness (QED) is 0.824. The van der Waals surface area contributed by atoms with E-state index in [9.17, 15) is 14.4 Å². The SMILES string of the molecule is O=C(NC1CCCCC1)C1CCCN(C(=O)Cn2nc3n(c2=O)CCCCC3)C1. The fraction of sp³-hybridized carbons (Fsp3) is 0.810. The Hall–Kier alpha value is -2.12. The van der Waals surface area contributed by atoms with E-state index in [1.165, 1.54) is 23.9 Å². The Balaban J connectivity index is 1.35. The van der Waals surface area contributed by atoms with Crippen molar-refractivity contribution in [3.63, 3.8) is 0 Å². The van der Waals surface area contributed by atoms with Crippen LogP contribution in [0.2, 0.25) is 0 Å². The predicted octanol–water partition coefficient (Wildman–Crippen LogP) is 1.46. The number of amides is 2. The minimum absolute atomic E-state index is 0.0319. The van der Waals surface area contributed by atoms with Crippen LogP contribution in [-0.4, -0.2) is 50.2 Å². The smallest absolute Gasteiger partial charge is 0.346 e. The third-order valence-electron chi connectivity index (χ3n) is 6.66. The molecule has 3 heterocycles. The molecule has 3 aliphatic rings. The number of hydrogen-bond donors (Lipinski definition) is 1. The molecule has 1 saturated heterocycles. The minimum atomic E-state index is -0.182. The lowest BCUT2D eigenvalue weighted by molar-refractivity contribution is -0.136. The summed E-state index contributed by atoms with van der Waals surface area (Å²) in [5.41, 5.74) is -0.182. The maximum absolute atomic E-state index is 12.8. The zero-order chi connectivity index (χ0) is 20.2. The molecule has 29 heavy (non-hydrogen) atoms. The lowest BCUT2D eigenvalue weighted by atomic mass is 9.93. The molecule has 1 unspecified atom stereocenters. The van der Waals surface area contributed by atoms with Crippen LogP contribution in [0.25, 0.3) is 0 Å². The second kappa shape index (κ2) is 9.13. The Kier molecular flexibility index (Phi) is 6.35. The molecule has 0 radical (unpaired) electrons. The Morgan fingerprint density at radius 1 is 0.966 bits per heavy atom. The third kappa shape index (κ3) is 4.73. The summed E-state index contributed by atoms with van der Waals surface area (Å²) in [4.78, 5) is 39.9. The summed E-state index contributed by atoms with van der Waals surface area (Å²) in [5, 5.41) is 7.61. The first-order valence-electron chi connectivity index (χ1n) is 11.4. The van der Waals surface area contributed by atoms with Crippen LogP contribution in [-0.2, 0) is 29.1 Å². The number of nitrogens with zero attached hydrogens (tertiary/aromatic N) is 4. The van der Waals surface area contributed by atoms with Crippen LogP contribution >= 0.6 is 0 Å². The third-order valence-corrected chi connectivity index (χ3v) is 6.66. The van der Waals surface area contributed by atoms with E-state index in [0.717, 1.165) is 57.2 Å². The van der Waals surface area contributed by atoms with Crippen molar-refractivity contribution in [2.75, 3.05) is 13.1 Å². The molecule has 1 saturated carbocycles. The molecule has 0 spiro atoms. The van der Waals surface area contributed by atoms with Gasteiger partial charge in [-0.3, -0.25) is 14.2 Å². The van der Waals surface area contributed by atoms with Crippen LogP contribution in [0.3, 0.4) is 0 Å². The van der Waals surface area contributed by atoms with Gasteiger partial charge >= 0.3 is 5.69 Å². The first-order chi connectivity index (χ1) is 14.1. The van der Waals surface area contributed by atoms with E-state index in [1.54, 1.807) is 9.47 Å². The standard InChI is InChI=1S/C21H33N5O3/c27-19(15-26-21(29)25-13-6-2-5-11-18(25)23-26)24-12-7-8-16(14-24)20(28)22-17-9-3-1-4-10-17/h16-17H,1-15H2,(H,22,28). The summed E-state index contributed by atoms with van der Waals surface area (Å²) in [5.74, 6) is 0.615. The zero-order valence-electron chi connectivity index (χ0n) is 17.3. The minimum Gasteiger partial charge on any atom is -0.353 e. The van der Waals surface area contributed by atoms with E-state index in [4.69, 9.17) is 0 Å². The van der Waals surface area contributed by atoms with Gasteiger partial charge in [0.15, 0.2) is 0 Å². The van der Waals surface area contributed by atoms with Gasteiger partial charge < -0.3 is 10.2 Å². The first-order valence-corrected chi connectivity index (χ1v) is 11.4. The van der Waals surface area contributed by atoms with Crippen LogP contribution in [0.15, 0.2) is 4.79 Å². The van der Waals surface area contributed by atoms with Gasteiger partial charge in [0.2, 0.25) is 11.8 Å². The van der Waals surface area contributed by atoms with E-state index >= 15 is 0 Å². The Morgan fingerprint density at radius 3 is 2.59 bits per heavy atom. The summed E-state index contributed by atoms with van der Waals surface area (Å²) < 4.78 is 3.03. The van der Waals surface area contributed by atoms with E-state index in [0.29, 0.717) is 25.7 Å². The fourth-order valence-electron chi connectivity index (χ4n) is 4.94. The molecule has 8 heteroatoms. The normalized spacial score (nSPS) is 23.3. The molecule has 0 aromatic carbocycles. The molecule has 1 N–H and O–H groups in total. The number of carbonyl (C=O) groups is 2. The highest BCUT2D eigenvalue weighted by Crippen LogP contribution is 2.21. The molecule has 4 rings (SSSR count). The zero-order valence-corrected chi connectivity index (χ0v) is 17.3. The lowest BCUT2D eigenvalue weighted by Crippen LogP contribution is -2.49.